The Morgan fingerprint density at radius 3 is 2.42 bits per heavy atom. The topological polar surface area (TPSA) is 113 Å². The summed E-state index contributed by atoms with van der Waals surface area (Å²) in [6.07, 6.45) is 0.372. The van der Waals surface area contributed by atoms with Crippen LogP contribution in [0.5, 0.6) is 0 Å². The highest BCUT2D eigenvalue weighted by atomic mass is 32.2. The number of pyridine rings is 1. The number of benzene rings is 2. The second-order valence-electron chi connectivity index (χ2n) is 7.94. The van der Waals surface area contributed by atoms with Gasteiger partial charge in [0.1, 0.15) is 5.82 Å². The fraction of sp³-hybridized carbons (Fsp3) is 0.292. The Morgan fingerprint density at radius 2 is 1.76 bits per heavy atom. The van der Waals surface area contributed by atoms with E-state index in [-0.39, 0.29) is 22.7 Å². The van der Waals surface area contributed by atoms with Crippen molar-refractivity contribution in [3.05, 3.63) is 66.1 Å². The average Bonchev–Trinajstić information content (AvgIpc) is 2.77. The fourth-order valence-electron chi connectivity index (χ4n) is 3.65. The van der Waals surface area contributed by atoms with E-state index in [1.165, 1.54) is 36.4 Å². The van der Waals surface area contributed by atoms with Crippen molar-refractivity contribution < 1.29 is 27.5 Å². The van der Waals surface area contributed by atoms with Crippen molar-refractivity contribution >= 4 is 38.3 Å². The van der Waals surface area contributed by atoms with Crippen LogP contribution in [-0.2, 0) is 25.2 Å². The predicted octanol–water partition coefficient (Wildman–Crippen LogP) is 4.57. The van der Waals surface area contributed by atoms with Crippen molar-refractivity contribution in [2.75, 3.05) is 5.32 Å². The first-order valence-electron chi connectivity index (χ1n) is 10.5. The number of hydrogen-bond donors (Lipinski definition) is 2. The number of aliphatic carboxylic acids is 1. The van der Waals surface area contributed by atoms with Gasteiger partial charge < -0.3 is 10.4 Å². The number of nitrogens with one attached hydrogen (secondary N) is 1. The Hall–Kier alpha value is -3.33. The molecule has 9 heteroatoms. The molecule has 0 fully saturated rings. The van der Waals surface area contributed by atoms with Crippen LogP contribution in [0.4, 0.5) is 10.1 Å². The number of aromatic nitrogens is 1. The summed E-state index contributed by atoms with van der Waals surface area (Å²) in [6.45, 7) is 3.43. The summed E-state index contributed by atoms with van der Waals surface area (Å²) in [5, 5.41) is 12.8. The van der Waals surface area contributed by atoms with Crippen molar-refractivity contribution in [2.45, 2.75) is 43.8 Å². The molecule has 0 saturated carbocycles. The number of amides is 1. The quantitative estimate of drug-likeness (QED) is 0.472. The van der Waals surface area contributed by atoms with Gasteiger partial charge in [-0.25, -0.2) is 12.8 Å². The van der Waals surface area contributed by atoms with E-state index in [9.17, 15) is 27.5 Å². The van der Waals surface area contributed by atoms with E-state index in [4.69, 9.17) is 0 Å². The van der Waals surface area contributed by atoms with Crippen LogP contribution in [0.2, 0.25) is 0 Å². The molecule has 3 rings (SSSR count). The summed E-state index contributed by atoms with van der Waals surface area (Å²) in [5.74, 6) is -2.41. The fourth-order valence-corrected chi connectivity index (χ4v) is 4.96. The molecule has 2 aromatic carbocycles. The molecule has 0 aliphatic heterocycles. The molecule has 1 amide bonds. The molecule has 0 aliphatic rings. The minimum Gasteiger partial charge on any atom is -0.481 e. The van der Waals surface area contributed by atoms with Gasteiger partial charge >= 0.3 is 5.97 Å². The van der Waals surface area contributed by atoms with Gasteiger partial charge in [0.2, 0.25) is 5.91 Å². The zero-order chi connectivity index (χ0) is 24.2. The highest BCUT2D eigenvalue weighted by molar-refractivity contribution is 7.90. The van der Waals surface area contributed by atoms with Gasteiger partial charge in [-0.2, -0.15) is 0 Å². The van der Waals surface area contributed by atoms with Crippen LogP contribution in [0.3, 0.4) is 0 Å². The molecule has 2 N–H and O–H groups in total. The standard InChI is InChI=1S/C24H25FN2O5S/c1-3-24(4-2,23(29)30)14-22(28)27-18-6-5-7-20(13-18)33(31,32)15-19-11-9-16-8-10-17(25)12-21(16)26-19/h5-13H,3-4,14-15H2,1-2H3,(H,27,28)(H,29,30). The monoisotopic (exact) mass is 472 g/mol. The number of sulfone groups is 1. The zero-order valence-electron chi connectivity index (χ0n) is 18.3. The zero-order valence-corrected chi connectivity index (χ0v) is 19.2. The largest absolute Gasteiger partial charge is 0.481 e. The van der Waals surface area contributed by atoms with Crippen molar-refractivity contribution in [1.29, 1.82) is 0 Å². The van der Waals surface area contributed by atoms with E-state index in [0.29, 0.717) is 23.7 Å². The molecule has 7 nitrogen and oxygen atoms in total. The van der Waals surface area contributed by atoms with Crippen molar-refractivity contribution in [3.63, 3.8) is 0 Å². The normalized spacial score (nSPS) is 12.0. The lowest BCUT2D eigenvalue weighted by atomic mass is 9.79. The molecule has 3 aromatic rings. The Balaban J connectivity index is 1.79. The van der Waals surface area contributed by atoms with E-state index in [1.54, 1.807) is 32.0 Å². The van der Waals surface area contributed by atoms with Crippen LogP contribution in [0.15, 0.2) is 59.5 Å². The highest BCUT2D eigenvalue weighted by Gasteiger charge is 2.37. The minimum atomic E-state index is -3.81. The molecule has 0 aliphatic carbocycles. The average molecular weight is 473 g/mol. The summed E-state index contributed by atoms with van der Waals surface area (Å²) >= 11 is 0. The summed E-state index contributed by atoms with van der Waals surface area (Å²) in [4.78, 5) is 28.4. The smallest absolute Gasteiger partial charge is 0.310 e. The second-order valence-corrected chi connectivity index (χ2v) is 9.93. The summed E-state index contributed by atoms with van der Waals surface area (Å²) in [5.41, 5.74) is -0.298. The van der Waals surface area contributed by atoms with Gasteiger partial charge in [-0.1, -0.05) is 26.0 Å². The van der Waals surface area contributed by atoms with Gasteiger partial charge in [-0.05, 0) is 49.2 Å². The van der Waals surface area contributed by atoms with E-state index in [1.807, 2.05) is 0 Å². The molecule has 0 unspecified atom stereocenters. The first-order chi connectivity index (χ1) is 15.6. The maximum atomic E-state index is 13.5. The molecule has 0 spiro atoms. The predicted molar refractivity (Wildman–Crippen MR) is 123 cm³/mol. The third-order valence-electron chi connectivity index (χ3n) is 5.83. The first kappa shape index (κ1) is 24.3. The van der Waals surface area contributed by atoms with Crippen molar-refractivity contribution in [1.82, 2.24) is 4.98 Å². The number of rotatable bonds is 9. The van der Waals surface area contributed by atoms with Crippen LogP contribution in [-0.4, -0.2) is 30.4 Å². The van der Waals surface area contributed by atoms with Gasteiger partial charge in [0.25, 0.3) is 0 Å². The second kappa shape index (κ2) is 9.66. The van der Waals surface area contributed by atoms with Crippen LogP contribution in [0.1, 0.15) is 38.8 Å². The van der Waals surface area contributed by atoms with Crippen LogP contribution in [0, 0.1) is 11.2 Å². The molecule has 0 bridgehead atoms. The maximum Gasteiger partial charge on any atom is 0.310 e. The van der Waals surface area contributed by atoms with Gasteiger partial charge in [0.15, 0.2) is 9.84 Å². The van der Waals surface area contributed by atoms with Crippen LogP contribution >= 0.6 is 0 Å². The minimum absolute atomic E-state index is 0.0167. The molecule has 33 heavy (non-hydrogen) atoms. The van der Waals surface area contributed by atoms with E-state index in [0.717, 1.165) is 0 Å². The Bertz CT molecular complexity index is 1300. The van der Waals surface area contributed by atoms with Crippen molar-refractivity contribution in [2.24, 2.45) is 5.41 Å². The van der Waals surface area contributed by atoms with Gasteiger partial charge in [-0.3, -0.25) is 14.6 Å². The highest BCUT2D eigenvalue weighted by Crippen LogP contribution is 2.31. The Kier molecular flexibility index (Phi) is 7.12. The molecule has 174 valence electrons. The maximum absolute atomic E-state index is 13.5. The number of fused-ring (bicyclic) bond motifs is 1. The number of carbonyl (C=O) groups excluding carboxylic acids is 1. The van der Waals surface area contributed by atoms with Gasteiger partial charge in [0.05, 0.1) is 27.3 Å². The number of anilines is 1. The molecule has 1 aromatic heterocycles. The molecule has 1 heterocycles. The van der Waals surface area contributed by atoms with Crippen molar-refractivity contribution in [3.8, 4) is 0 Å². The Morgan fingerprint density at radius 1 is 1.06 bits per heavy atom. The first-order valence-corrected chi connectivity index (χ1v) is 12.1. The SMILES string of the molecule is CCC(CC)(CC(=O)Nc1cccc(S(=O)(=O)Cc2ccc3ccc(F)cc3n2)c1)C(=O)O. The lowest BCUT2D eigenvalue weighted by Gasteiger charge is -2.25. The molecular weight excluding hydrogens is 447 g/mol. The third-order valence-corrected chi connectivity index (χ3v) is 7.48. The van der Waals surface area contributed by atoms with E-state index in [2.05, 4.69) is 10.3 Å². The van der Waals surface area contributed by atoms with E-state index >= 15 is 0 Å². The third kappa shape index (κ3) is 5.54. The molecule has 0 saturated heterocycles. The molecule has 0 radical (unpaired) electrons. The molecular formula is C24H25FN2O5S. The summed E-state index contributed by atoms with van der Waals surface area (Å²) < 4.78 is 39.4. The lowest BCUT2D eigenvalue weighted by molar-refractivity contribution is -0.151. The Labute approximate surface area is 191 Å². The summed E-state index contributed by atoms with van der Waals surface area (Å²) in [6, 6.07) is 13.1. The van der Waals surface area contributed by atoms with Gasteiger partial charge in [-0.15, -0.1) is 0 Å². The number of hydrogen-bond acceptors (Lipinski definition) is 5. The number of nitrogens with zero attached hydrogens (tertiary/aromatic N) is 1. The number of carbonyl (C=O) groups is 2. The van der Waals surface area contributed by atoms with Crippen LogP contribution < -0.4 is 5.32 Å². The van der Waals surface area contributed by atoms with E-state index < -0.39 is 38.7 Å². The number of carboxylic acids is 1. The molecule has 0 atom stereocenters. The number of carboxylic acid groups (broad SMARTS) is 1. The summed E-state index contributed by atoms with van der Waals surface area (Å²) in [7, 11) is -3.81. The van der Waals surface area contributed by atoms with Crippen LogP contribution in [0.25, 0.3) is 10.9 Å². The number of halogens is 1. The van der Waals surface area contributed by atoms with Gasteiger partial charge in [0, 0.05) is 23.6 Å². The lowest BCUT2D eigenvalue weighted by Crippen LogP contribution is -2.34.